The zero-order valence-electron chi connectivity index (χ0n) is 20.1. The van der Waals surface area contributed by atoms with Gasteiger partial charge in [-0.1, -0.05) is 24.3 Å². The minimum Gasteiger partial charge on any atom is -0.455 e. The van der Waals surface area contributed by atoms with Gasteiger partial charge in [0.2, 0.25) is 0 Å². The van der Waals surface area contributed by atoms with E-state index in [2.05, 4.69) is 10.4 Å². The molecule has 1 N–H and O–H groups in total. The van der Waals surface area contributed by atoms with Gasteiger partial charge in [0.05, 0.1) is 17.7 Å². The van der Waals surface area contributed by atoms with Crippen molar-refractivity contribution in [3.8, 4) is 22.5 Å². The number of amides is 1. The highest BCUT2D eigenvalue weighted by Crippen LogP contribution is 2.36. The third-order valence-corrected chi connectivity index (χ3v) is 6.21. The van der Waals surface area contributed by atoms with Gasteiger partial charge >= 0.3 is 0 Å². The van der Waals surface area contributed by atoms with E-state index in [0.29, 0.717) is 33.4 Å². The SMILES string of the molecule is CNC(=O)c1c(-c2ccc(F)cc2)oc2ccc(-c3cccc(C(=O)Cc4cc(C)nn4C)c3)cc12. The fourth-order valence-corrected chi connectivity index (χ4v) is 4.40. The first-order valence-corrected chi connectivity index (χ1v) is 11.5. The lowest BCUT2D eigenvalue weighted by Gasteiger charge is -2.07. The number of nitrogens with zero attached hydrogens (tertiary/aromatic N) is 2. The molecule has 0 spiro atoms. The Hall–Kier alpha value is -4.52. The summed E-state index contributed by atoms with van der Waals surface area (Å²) in [6, 6.07) is 20.7. The van der Waals surface area contributed by atoms with Crippen molar-refractivity contribution in [3.05, 3.63) is 101 Å². The van der Waals surface area contributed by atoms with E-state index in [4.69, 9.17) is 4.42 Å². The number of aromatic nitrogens is 2. The summed E-state index contributed by atoms with van der Waals surface area (Å²) in [6.07, 6.45) is 0.253. The van der Waals surface area contributed by atoms with Crippen molar-refractivity contribution in [2.45, 2.75) is 13.3 Å². The van der Waals surface area contributed by atoms with Gasteiger partial charge in [-0.25, -0.2) is 4.39 Å². The van der Waals surface area contributed by atoms with Crippen molar-refractivity contribution in [3.63, 3.8) is 0 Å². The summed E-state index contributed by atoms with van der Waals surface area (Å²) >= 11 is 0. The molecule has 0 bridgehead atoms. The lowest BCUT2D eigenvalue weighted by molar-refractivity contribution is 0.0962. The van der Waals surface area contributed by atoms with Crippen LogP contribution in [0.3, 0.4) is 0 Å². The number of rotatable bonds is 6. The van der Waals surface area contributed by atoms with E-state index >= 15 is 0 Å². The number of hydrogen-bond donors (Lipinski definition) is 1. The molecule has 7 heteroatoms. The zero-order valence-corrected chi connectivity index (χ0v) is 20.1. The molecular formula is C29H24FN3O3. The standard InChI is InChI=1S/C29H24FN3O3/c1-17-13-23(33(3)32-17)16-25(34)21-6-4-5-19(14-21)20-9-12-26-24(15-20)27(29(35)31-2)28(36-26)18-7-10-22(30)11-8-18/h4-15H,16H2,1-3H3,(H,31,35). The first-order chi connectivity index (χ1) is 17.3. The maximum Gasteiger partial charge on any atom is 0.255 e. The van der Waals surface area contributed by atoms with Gasteiger partial charge in [-0.2, -0.15) is 5.10 Å². The Morgan fingerprint density at radius 1 is 0.972 bits per heavy atom. The van der Waals surface area contributed by atoms with E-state index in [-0.39, 0.29) is 23.9 Å². The van der Waals surface area contributed by atoms with Crippen molar-refractivity contribution in [2.75, 3.05) is 7.05 Å². The number of halogens is 1. The molecule has 5 aromatic rings. The van der Waals surface area contributed by atoms with E-state index in [1.165, 1.54) is 12.1 Å². The molecule has 0 fully saturated rings. The number of Topliss-reactive ketones (excluding diaryl/α,β-unsaturated/α-hetero) is 1. The molecular weight excluding hydrogens is 457 g/mol. The average Bonchev–Trinajstić information content (AvgIpc) is 3.42. The van der Waals surface area contributed by atoms with Crippen LogP contribution in [-0.2, 0) is 13.5 Å². The second-order valence-corrected chi connectivity index (χ2v) is 8.68. The van der Waals surface area contributed by atoms with Crippen LogP contribution in [0.1, 0.15) is 32.1 Å². The van der Waals surface area contributed by atoms with Crippen molar-refractivity contribution in [1.29, 1.82) is 0 Å². The Morgan fingerprint density at radius 2 is 1.69 bits per heavy atom. The monoisotopic (exact) mass is 481 g/mol. The molecule has 2 aromatic heterocycles. The molecule has 0 aliphatic carbocycles. The Balaban J connectivity index is 1.55. The topological polar surface area (TPSA) is 77.1 Å². The highest BCUT2D eigenvalue weighted by molar-refractivity contribution is 6.12. The fourth-order valence-electron chi connectivity index (χ4n) is 4.40. The van der Waals surface area contributed by atoms with Crippen molar-refractivity contribution >= 4 is 22.7 Å². The lowest BCUT2D eigenvalue weighted by Crippen LogP contribution is -2.18. The largest absolute Gasteiger partial charge is 0.455 e. The number of benzene rings is 3. The number of aryl methyl sites for hydroxylation is 2. The molecule has 0 aliphatic heterocycles. The Labute approximate surface area is 207 Å². The van der Waals surface area contributed by atoms with E-state index in [1.807, 2.05) is 50.4 Å². The van der Waals surface area contributed by atoms with Crippen LogP contribution in [0.5, 0.6) is 0 Å². The zero-order chi connectivity index (χ0) is 25.4. The van der Waals surface area contributed by atoms with Gasteiger partial charge in [0.25, 0.3) is 5.91 Å². The Morgan fingerprint density at radius 3 is 2.39 bits per heavy atom. The molecule has 3 aromatic carbocycles. The molecule has 0 saturated heterocycles. The normalized spacial score (nSPS) is 11.1. The van der Waals surface area contributed by atoms with Crippen LogP contribution < -0.4 is 5.32 Å². The maximum atomic E-state index is 13.5. The van der Waals surface area contributed by atoms with Crippen LogP contribution in [0.25, 0.3) is 33.4 Å². The van der Waals surface area contributed by atoms with E-state index in [9.17, 15) is 14.0 Å². The van der Waals surface area contributed by atoms with Crippen LogP contribution >= 0.6 is 0 Å². The highest BCUT2D eigenvalue weighted by Gasteiger charge is 2.22. The predicted molar refractivity (Wildman–Crippen MR) is 136 cm³/mol. The number of fused-ring (bicyclic) bond motifs is 1. The van der Waals surface area contributed by atoms with Gasteiger partial charge in [0, 0.05) is 36.3 Å². The van der Waals surface area contributed by atoms with Crippen LogP contribution in [0, 0.1) is 12.7 Å². The fraction of sp³-hybridized carbons (Fsp3) is 0.138. The molecule has 0 atom stereocenters. The summed E-state index contributed by atoms with van der Waals surface area (Å²) < 4.78 is 21.2. The van der Waals surface area contributed by atoms with E-state index in [1.54, 1.807) is 36.0 Å². The first-order valence-electron chi connectivity index (χ1n) is 11.5. The number of carbonyl (C=O) groups is 2. The third-order valence-electron chi connectivity index (χ3n) is 6.21. The minimum atomic E-state index is -0.369. The molecule has 36 heavy (non-hydrogen) atoms. The number of furan rings is 1. The van der Waals surface area contributed by atoms with Gasteiger partial charge in [0.1, 0.15) is 17.2 Å². The van der Waals surface area contributed by atoms with E-state index < -0.39 is 0 Å². The average molecular weight is 482 g/mol. The number of carbonyl (C=O) groups excluding carboxylic acids is 2. The summed E-state index contributed by atoms with van der Waals surface area (Å²) in [4.78, 5) is 25.8. The Bertz CT molecular complexity index is 1610. The van der Waals surface area contributed by atoms with Crippen molar-refractivity contribution in [1.82, 2.24) is 15.1 Å². The molecule has 5 rings (SSSR count). The predicted octanol–water partition coefficient (Wildman–Crippen LogP) is 5.73. The maximum absolute atomic E-state index is 13.5. The number of nitrogens with one attached hydrogen (secondary N) is 1. The van der Waals surface area contributed by atoms with Crippen LogP contribution in [-0.4, -0.2) is 28.5 Å². The highest BCUT2D eigenvalue weighted by atomic mass is 19.1. The lowest BCUT2D eigenvalue weighted by atomic mass is 9.97. The van der Waals surface area contributed by atoms with Gasteiger partial charge in [-0.15, -0.1) is 0 Å². The quantitative estimate of drug-likeness (QED) is 0.314. The molecule has 180 valence electrons. The van der Waals surface area contributed by atoms with Gasteiger partial charge < -0.3 is 9.73 Å². The second kappa shape index (κ2) is 9.26. The van der Waals surface area contributed by atoms with Crippen molar-refractivity contribution in [2.24, 2.45) is 7.05 Å². The Kier molecular flexibility index (Phi) is 5.98. The summed E-state index contributed by atoms with van der Waals surface area (Å²) in [5.74, 6) is -0.307. The smallest absolute Gasteiger partial charge is 0.255 e. The van der Waals surface area contributed by atoms with Crippen molar-refractivity contribution < 1.29 is 18.4 Å². The first kappa shape index (κ1) is 23.2. The van der Waals surface area contributed by atoms with Gasteiger partial charge in [0.15, 0.2) is 5.78 Å². The number of ketones is 1. The molecule has 0 saturated carbocycles. The van der Waals surface area contributed by atoms with E-state index in [0.717, 1.165) is 22.5 Å². The minimum absolute atomic E-state index is 0.00566. The van der Waals surface area contributed by atoms with Gasteiger partial charge in [-0.05, 0) is 66.6 Å². The molecule has 2 heterocycles. The number of hydrogen-bond acceptors (Lipinski definition) is 4. The molecule has 1 amide bonds. The second-order valence-electron chi connectivity index (χ2n) is 8.68. The van der Waals surface area contributed by atoms with Gasteiger partial charge in [-0.3, -0.25) is 14.3 Å². The van der Waals surface area contributed by atoms with Crippen LogP contribution in [0.4, 0.5) is 4.39 Å². The molecule has 0 unspecified atom stereocenters. The summed E-state index contributed by atoms with van der Waals surface area (Å²) in [7, 11) is 3.38. The summed E-state index contributed by atoms with van der Waals surface area (Å²) in [6.45, 7) is 1.90. The molecule has 0 aliphatic rings. The summed E-state index contributed by atoms with van der Waals surface area (Å²) in [5.41, 5.74) is 5.51. The van der Waals surface area contributed by atoms with Crippen LogP contribution in [0.2, 0.25) is 0 Å². The molecule has 6 nitrogen and oxygen atoms in total. The van der Waals surface area contributed by atoms with Crippen LogP contribution in [0.15, 0.2) is 77.2 Å². The molecule has 0 radical (unpaired) electrons. The third kappa shape index (κ3) is 4.31. The summed E-state index contributed by atoms with van der Waals surface area (Å²) in [5, 5.41) is 7.62.